The molecule has 0 bridgehead atoms. The molecule has 0 saturated carbocycles. The van der Waals surface area contributed by atoms with Crippen LogP contribution >= 0.6 is 15.9 Å². The van der Waals surface area contributed by atoms with E-state index in [-0.39, 0.29) is 4.83 Å². The third-order valence-electron chi connectivity index (χ3n) is 3.70. The van der Waals surface area contributed by atoms with Gasteiger partial charge in [-0.05, 0) is 61.6 Å². The highest BCUT2D eigenvalue weighted by atomic mass is 79.9. The first-order chi connectivity index (χ1) is 9.43. The van der Waals surface area contributed by atoms with Crippen molar-refractivity contribution in [3.8, 4) is 5.75 Å². The SMILES string of the molecule is COc1ccc(C(Br)c2c(C)cc(C)cc2C)cc1C. The predicted octanol–water partition coefficient (Wildman–Crippen LogP) is 5.41. The van der Waals surface area contributed by atoms with Crippen LogP contribution in [0.25, 0.3) is 0 Å². The monoisotopic (exact) mass is 332 g/mol. The van der Waals surface area contributed by atoms with E-state index in [9.17, 15) is 0 Å². The molecule has 2 aromatic rings. The standard InChI is InChI=1S/C18H21BrO/c1-11-8-13(3)17(14(4)9-11)18(19)15-6-7-16(20-5)12(2)10-15/h6-10,18H,1-5H3. The molecule has 0 amide bonds. The van der Waals surface area contributed by atoms with Gasteiger partial charge in [0.1, 0.15) is 5.75 Å². The summed E-state index contributed by atoms with van der Waals surface area (Å²) in [5.41, 5.74) is 7.76. The van der Waals surface area contributed by atoms with Crippen molar-refractivity contribution < 1.29 is 4.74 Å². The maximum absolute atomic E-state index is 5.33. The van der Waals surface area contributed by atoms with Gasteiger partial charge in [0.25, 0.3) is 0 Å². The summed E-state index contributed by atoms with van der Waals surface area (Å²) in [7, 11) is 1.71. The number of aryl methyl sites for hydroxylation is 4. The second-order valence-electron chi connectivity index (χ2n) is 5.40. The molecule has 2 aromatic carbocycles. The minimum atomic E-state index is 0.215. The number of benzene rings is 2. The summed E-state index contributed by atoms with van der Waals surface area (Å²) in [6.07, 6.45) is 0. The normalized spacial score (nSPS) is 12.3. The number of halogens is 1. The van der Waals surface area contributed by atoms with Crippen molar-refractivity contribution in [3.63, 3.8) is 0 Å². The predicted molar refractivity (Wildman–Crippen MR) is 89.2 cm³/mol. The average Bonchev–Trinajstić information content (AvgIpc) is 2.37. The molecular weight excluding hydrogens is 312 g/mol. The minimum Gasteiger partial charge on any atom is -0.496 e. The Morgan fingerprint density at radius 2 is 1.50 bits per heavy atom. The molecule has 106 valence electrons. The topological polar surface area (TPSA) is 9.23 Å². The third-order valence-corrected chi connectivity index (χ3v) is 4.69. The van der Waals surface area contributed by atoms with E-state index in [4.69, 9.17) is 4.74 Å². The minimum absolute atomic E-state index is 0.215. The molecule has 0 aliphatic heterocycles. The van der Waals surface area contributed by atoms with Gasteiger partial charge >= 0.3 is 0 Å². The van der Waals surface area contributed by atoms with Crippen LogP contribution in [-0.4, -0.2) is 7.11 Å². The highest BCUT2D eigenvalue weighted by Crippen LogP contribution is 2.37. The summed E-state index contributed by atoms with van der Waals surface area (Å²) in [5, 5.41) is 0. The summed E-state index contributed by atoms with van der Waals surface area (Å²) >= 11 is 3.86. The van der Waals surface area contributed by atoms with Crippen LogP contribution < -0.4 is 4.74 Å². The van der Waals surface area contributed by atoms with Crippen LogP contribution in [0.1, 0.15) is 38.2 Å². The van der Waals surface area contributed by atoms with Crippen molar-refractivity contribution in [2.45, 2.75) is 32.5 Å². The first kappa shape index (κ1) is 15.1. The van der Waals surface area contributed by atoms with Gasteiger partial charge in [0.05, 0.1) is 11.9 Å². The highest BCUT2D eigenvalue weighted by molar-refractivity contribution is 9.09. The zero-order valence-corrected chi connectivity index (χ0v) is 14.3. The second-order valence-corrected chi connectivity index (χ2v) is 6.32. The van der Waals surface area contributed by atoms with Crippen molar-refractivity contribution in [1.82, 2.24) is 0 Å². The Hall–Kier alpha value is -1.28. The van der Waals surface area contributed by atoms with Crippen LogP contribution in [0.3, 0.4) is 0 Å². The van der Waals surface area contributed by atoms with Gasteiger partial charge in [0, 0.05) is 0 Å². The number of hydrogen-bond donors (Lipinski definition) is 0. The molecular formula is C18H21BrO. The molecule has 1 atom stereocenters. The molecule has 0 aliphatic carbocycles. The molecule has 1 nitrogen and oxygen atoms in total. The maximum atomic E-state index is 5.33. The Balaban J connectivity index is 2.46. The quantitative estimate of drug-likeness (QED) is 0.682. The number of ether oxygens (including phenoxy) is 1. The van der Waals surface area contributed by atoms with Crippen molar-refractivity contribution in [2.75, 3.05) is 7.11 Å². The first-order valence-electron chi connectivity index (χ1n) is 6.80. The summed E-state index contributed by atoms with van der Waals surface area (Å²) < 4.78 is 5.33. The van der Waals surface area contributed by atoms with Crippen LogP contribution in [-0.2, 0) is 0 Å². The smallest absolute Gasteiger partial charge is 0.121 e. The lowest BCUT2D eigenvalue weighted by Gasteiger charge is -2.18. The van der Waals surface area contributed by atoms with Crippen LogP contribution in [0, 0.1) is 27.7 Å². The van der Waals surface area contributed by atoms with E-state index in [1.165, 1.54) is 27.8 Å². The Labute approximate surface area is 130 Å². The Morgan fingerprint density at radius 1 is 0.900 bits per heavy atom. The number of hydrogen-bond acceptors (Lipinski definition) is 1. The van der Waals surface area contributed by atoms with Gasteiger partial charge in [0.2, 0.25) is 0 Å². The fourth-order valence-corrected chi connectivity index (χ4v) is 3.82. The number of rotatable bonds is 3. The van der Waals surface area contributed by atoms with E-state index in [0.717, 1.165) is 11.3 Å². The number of methoxy groups -OCH3 is 1. The van der Waals surface area contributed by atoms with E-state index in [1.807, 2.05) is 6.07 Å². The van der Waals surface area contributed by atoms with Crippen LogP contribution in [0.4, 0.5) is 0 Å². The average molecular weight is 333 g/mol. The van der Waals surface area contributed by atoms with Gasteiger partial charge in [-0.1, -0.05) is 45.8 Å². The largest absolute Gasteiger partial charge is 0.496 e. The van der Waals surface area contributed by atoms with Crippen molar-refractivity contribution >= 4 is 15.9 Å². The van der Waals surface area contributed by atoms with E-state index >= 15 is 0 Å². The fourth-order valence-electron chi connectivity index (χ4n) is 2.82. The fraction of sp³-hybridized carbons (Fsp3) is 0.333. The molecule has 0 fully saturated rings. The zero-order chi connectivity index (χ0) is 14.9. The zero-order valence-electron chi connectivity index (χ0n) is 12.8. The molecule has 0 N–H and O–H groups in total. The summed E-state index contributed by atoms with van der Waals surface area (Å²) in [5.74, 6) is 0.936. The van der Waals surface area contributed by atoms with Crippen molar-refractivity contribution in [1.29, 1.82) is 0 Å². The summed E-state index contributed by atoms with van der Waals surface area (Å²) in [6, 6.07) is 10.8. The van der Waals surface area contributed by atoms with Gasteiger partial charge < -0.3 is 4.74 Å². The Bertz CT molecular complexity index is 608. The molecule has 0 radical (unpaired) electrons. The lowest BCUT2D eigenvalue weighted by Crippen LogP contribution is -2.01. The lowest BCUT2D eigenvalue weighted by molar-refractivity contribution is 0.411. The lowest BCUT2D eigenvalue weighted by atomic mass is 9.93. The second kappa shape index (κ2) is 6.01. The third kappa shape index (κ3) is 2.90. The molecule has 20 heavy (non-hydrogen) atoms. The summed E-state index contributed by atoms with van der Waals surface area (Å²) in [4.78, 5) is 0.215. The Kier molecular flexibility index (Phi) is 4.54. The van der Waals surface area contributed by atoms with Crippen LogP contribution in [0.15, 0.2) is 30.3 Å². The molecule has 0 heterocycles. The van der Waals surface area contributed by atoms with E-state index in [0.29, 0.717) is 0 Å². The van der Waals surface area contributed by atoms with E-state index in [1.54, 1.807) is 7.11 Å². The van der Waals surface area contributed by atoms with Crippen molar-refractivity contribution in [2.24, 2.45) is 0 Å². The molecule has 2 rings (SSSR count). The summed E-state index contributed by atoms with van der Waals surface area (Å²) in [6.45, 7) is 8.58. The van der Waals surface area contributed by atoms with Crippen LogP contribution in [0.2, 0.25) is 0 Å². The highest BCUT2D eigenvalue weighted by Gasteiger charge is 2.16. The van der Waals surface area contributed by atoms with Gasteiger partial charge in [-0.25, -0.2) is 0 Å². The number of alkyl halides is 1. The van der Waals surface area contributed by atoms with Gasteiger partial charge in [0.15, 0.2) is 0 Å². The molecule has 0 aliphatic rings. The first-order valence-corrected chi connectivity index (χ1v) is 7.72. The van der Waals surface area contributed by atoms with Gasteiger partial charge in [-0.3, -0.25) is 0 Å². The van der Waals surface area contributed by atoms with Gasteiger partial charge in [-0.2, -0.15) is 0 Å². The molecule has 0 spiro atoms. The molecule has 0 aromatic heterocycles. The van der Waals surface area contributed by atoms with Crippen molar-refractivity contribution in [3.05, 3.63) is 63.7 Å². The Morgan fingerprint density at radius 3 is 2.00 bits per heavy atom. The molecule has 0 saturated heterocycles. The van der Waals surface area contributed by atoms with E-state index in [2.05, 4.69) is 67.9 Å². The van der Waals surface area contributed by atoms with Gasteiger partial charge in [-0.15, -0.1) is 0 Å². The van der Waals surface area contributed by atoms with Crippen LogP contribution in [0.5, 0.6) is 5.75 Å². The van der Waals surface area contributed by atoms with E-state index < -0.39 is 0 Å². The maximum Gasteiger partial charge on any atom is 0.121 e. The molecule has 1 unspecified atom stereocenters. The molecule has 2 heteroatoms.